The standard InChI is InChI=1S/C11H19N3S/c1-13-6-2-10(3-7-13)4-8-14-9-5-12-11(14)15/h5,9-10H,2-4,6-8H2,1H3,(H,12,15). The maximum absolute atomic E-state index is 5.17. The van der Waals surface area contributed by atoms with Gasteiger partial charge in [0.2, 0.25) is 0 Å². The largest absolute Gasteiger partial charge is 0.337 e. The van der Waals surface area contributed by atoms with Gasteiger partial charge in [0.05, 0.1) is 0 Å². The predicted molar refractivity (Wildman–Crippen MR) is 64.5 cm³/mol. The van der Waals surface area contributed by atoms with E-state index in [1.807, 2.05) is 12.4 Å². The lowest BCUT2D eigenvalue weighted by atomic mass is 9.94. The third kappa shape index (κ3) is 2.92. The van der Waals surface area contributed by atoms with E-state index >= 15 is 0 Å². The first-order valence-corrected chi connectivity index (χ1v) is 6.09. The second-order valence-electron chi connectivity index (χ2n) is 4.49. The molecule has 0 atom stereocenters. The molecule has 0 aliphatic carbocycles. The molecule has 4 heteroatoms. The van der Waals surface area contributed by atoms with Crippen molar-refractivity contribution in [3.05, 3.63) is 17.2 Å². The first kappa shape index (κ1) is 10.9. The average molecular weight is 225 g/mol. The number of hydrogen-bond donors (Lipinski definition) is 1. The molecule has 0 aromatic carbocycles. The summed E-state index contributed by atoms with van der Waals surface area (Å²) < 4.78 is 2.98. The van der Waals surface area contributed by atoms with Crippen molar-refractivity contribution in [3.8, 4) is 0 Å². The molecular formula is C11H19N3S. The number of imidazole rings is 1. The molecule has 3 nitrogen and oxygen atoms in total. The summed E-state index contributed by atoms with van der Waals surface area (Å²) >= 11 is 5.17. The number of aryl methyl sites for hydroxylation is 1. The number of aromatic nitrogens is 2. The van der Waals surface area contributed by atoms with Gasteiger partial charge < -0.3 is 14.5 Å². The molecule has 1 saturated heterocycles. The smallest absolute Gasteiger partial charge is 0.177 e. The third-order valence-electron chi connectivity index (χ3n) is 3.34. The Bertz CT molecular complexity index is 347. The van der Waals surface area contributed by atoms with Gasteiger partial charge in [0, 0.05) is 18.9 Å². The summed E-state index contributed by atoms with van der Waals surface area (Å²) in [6, 6.07) is 0. The van der Waals surface area contributed by atoms with Crippen LogP contribution in [0.25, 0.3) is 0 Å². The van der Waals surface area contributed by atoms with Crippen LogP contribution in [0.4, 0.5) is 0 Å². The zero-order valence-electron chi connectivity index (χ0n) is 9.28. The molecule has 0 unspecified atom stereocenters. The van der Waals surface area contributed by atoms with Gasteiger partial charge in [-0.25, -0.2) is 0 Å². The van der Waals surface area contributed by atoms with Crippen molar-refractivity contribution in [1.82, 2.24) is 14.5 Å². The first-order valence-electron chi connectivity index (χ1n) is 5.68. The summed E-state index contributed by atoms with van der Waals surface area (Å²) in [5.74, 6) is 0.887. The second-order valence-corrected chi connectivity index (χ2v) is 4.88. The van der Waals surface area contributed by atoms with Gasteiger partial charge in [-0.1, -0.05) is 0 Å². The summed E-state index contributed by atoms with van der Waals surface area (Å²) in [5, 5.41) is 0. The maximum Gasteiger partial charge on any atom is 0.177 e. The van der Waals surface area contributed by atoms with Crippen molar-refractivity contribution in [3.63, 3.8) is 0 Å². The third-order valence-corrected chi connectivity index (χ3v) is 3.69. The lowest BCUT2D eigenvalue weighted by Crippen LogP contribution is -2.30. The molecule has 84 valence electrons. The lowest BCUT2D eigenvalue weighted by Gasteiger charge is -2.28. The monoisotopic (exact) mass is 225 g/mol. The number of hydrogen-bond acceptors (Lipinski definition) is 2. The zero-order valence-corrected chi connectivity index (χ0v) is 10.1. The number of H-pyrrole nitrogens is 1. The fourth-order valence-corrected chi connectivity index (χ4v) is 2.42. The van der Waals surface area contributed by atoms with Crippen molar-refractivity contribution in [1.29, 1.82) is 0 Å². The van der Waals surface area contributed by atoms with E-state index in [1.54, 1.807) is 0 Å². The molecule has 0 saturated carbocycles. The Balaban J connectivity index is 1.79. The molecule has 0 amide bonds. The second kappa shape index (κ2) is 4.94. The molecule has 1 N–H and O–H groups in total. The highest BCUT2D eigenvalue weighted by molar-refractivity contribution is 7.71. The van der Waals surface area contributed by atoms with Crippen LogP contribution in [-0.4, -0.2) is 34.6 Å². The molecule has 1 fully saturated rings. The minimum Gasteiger partial charge on any atom is -0.337 e. The van der Waals surface area contributed by atoms with Crippen molar-refractivity contribution < 1.29 is 0 Å². The van der Waals surface area contributed by atoms with E-state index in [0.717, 1.165) is 17.2 Å². The van der Waals surface area contributed by atoms with E-state index < -0.39 is 0 Å². The number of likely N-dealkylation sites (tertiary alicyclic amines) is 1. The Labute approximate surface area is 96.1 Å². The number of nitrogens with zero attached hydrogens (tertiary/aromatic N) is 2. The number of aromatic amines is 1. The van der Waals surface area contributed by atoms with Crippen LogP contribution in [0.2, 0.25) is 0 Å². The van der Waals surface area contributed by atoms with Gasteiger partial charge in [0.15, 0.2) is 4.77 Å². The normalized spacial score (nSPS) is 19.5. The van der Waals surface area contributed by atoms with Gasteiger partial charge in [0.25, 0.3) is 0 Å². The average Bonchev–Trinajstić information content (AvgIpc) is 2.63. The number of nitrogens with one attached hydrogen (secondary N) is 1. The fraction of sp³-hybridized carbons (Fsp3) is 0.727. The molecule has 0 bridgehead atoms. The molecule has 0 radical (unpaired) electrons. The topological polar surface area (TPSA) is 24.0 Å². The van der Waals surface area contributed by atoms with E-state index in [2.05, 4.69) is 21.5 Å². The van der Waals surface area contributed by atoms with Crippen LogP contribution in [0.1, 0.15) is 19.3 Å². The van der Waals surface area contributed by atoms with Crippen LogP contribution in [0.5, 0.6) is 0 Å². The highest BCUT2D eigenvalue weighted by atomic mass is 32.1. The summed E-state index contributed by atoms with van der Waals surface area (Å²) in [7, 11) is 2.21. The molecule has 1 aromatic rings. The summed E-state index contributed by atoms with van der Waals surface area (Å²) in [4.78, 5) is 5.45. The summed E-state index contributed by atoms with van der Waals surface area (Å²) in [5.41, 5.74) is 0. The van der Waals surface area contributed by atoms with Crippen LogP contribution in [0.15, 0.2) is 12.4 Å². The highest BCUT2D eigenvalue weighted by Gasteiger charge is 2.16. The van der Waals surface area contributed by atoms with E-state index in [9.17, 15) is 0 Å². The zero-order chi connectivity index (χ0) is 10.7. The predicted octanol–water partition coefficient (Wildman–Crippen LogP) is 2.28. The van der Waals surface area contributed by atoms with E-state index in [-0.39, 0.29) is 0 Å². The molecule has 1 aromatic heterocycles. The lowest BCUT2D eigenvalue weighted by molar-refractivity contribution is 0.208. The Morgan fingerprint density at radius 2 is 2.20 bits per heavy atom. The molecule has 2 heterocycles. The van der Waals surface area contributed by atoms with E-state index in [4.69, 9.17) is 12.2 Å². The van der Waals surface area contributed by atoms with Gasteiger partial charge >= 0.3 is 0 Å². The minimum atomic E-state index is 0.850. The van der Waals surface area contributed by atoms with Crippen molar-refractivity contribution in [2.24, 2.45) is 5.92 Å². The first-order chi connectivity index (χ1) is 7.25. The van der Waals surface area contributed by atoms with Gasteiger partial charge in [-0.2, -0.15) is 0 Å². The molecule has 2 rings (SSSR count). The van der Waals surface area contributed by atoms with Crippen molar-refractivity contribution in [2.45, 2.75) is 25.8 Å². The molecule has 15 heavy (non-hydrogen) atoms. The Hall–Kier alpha value is -0.610. The maximum atomic E-state index is 5.17. The quantitative estimate of drug-likeness (QED) is 0.798. The highest BCUT2D eigenvalue weighted by Crippen LogP contribution is 2.20. The van der Waals surface area contributed by atoms with Gasteiger partial charge in [-0.15, -0.1) is 0 Å². The number of rotatable bonds is 3. The van der Waals surface area contributed by atoms with Crippen LogP contribution in [0.3, 0.4) is 0 Å². The fourth-order valence-electron chi connectivity index (χ4n) is 2.20. The molecule has 1 aliphatic heterocycles. The van der Waals surface area contributed by atoms with Gasteiger partial charge in [-0.3, -0.25) is 0 Å². The minimum absolute atomic E-state index is 0.850. The van der Waals surface area contributed by atoms with E-state index in [1.165, 1.54) is 32.4 Å². The number of piperidine rings is 1. The Kier molecular flexibility index (Phi) is 3.59. The summed E-state index contributed by atoms with van der Waals surface area (Å²) in [6.45, 7) is 3.57. The molecule has 1 aliphatic rings. The SMILES string of the molecule is CN1CCC(CCn2cc[nH]c2=S)CC1. The Morgan fingerprint density at radius 1 is 1.47 bits per heavy atom. The van der Waals surface area contributed by atoms with Crippen molar-refractivity contribution in [2.75, 3.05) is 20.1 Å². The van der Waals surface area contributed by atoms with Crippen molar-refractivity contribution >= 4 is 12.2 Å². The van der Waals surface area contributed by atoms with Crippen LogP contribution < -0.4 is 0 Å². The Morgan fingerprint density at radius 3 is 2.80 bits per heavy atom. The van der Waals surface area contributed by atoms with E-state index in [0.29, 0.717) is 0 Å². The van der Waals surface area contributed by atoms with Crippen LogP contribution in [0, 0.1) is 10.7 Å². The van der Waals surface area contributed by atoms with Crippen LogP contribution in [-0.2, 0) is 6.54 Å². The van der Waals surface area contributed by atoms with Gasteiger partial charge in [0.1, 0.15) is 0 Å². The molecule has 0 spiro atoms. The van der Waals surface area contributed by atoms with Crippen LogP contribution >= 0.6 is 12.2 Å². The molecular weight excluding hydrogens is 206 g/mol. The van der Waals surface area contributed by atoms with Gasteiger partial charge in [-0.05, 0) is 57.5 Å². The summed E-state index contributed by atoms with van der Waals surface area (Å²) in [6.07, 6.45) is 7.90.